The molecule has 0 aliphatic carbocycles. The molecule has 8 heteroatoms. The maximum atomic E-state index is 13.7. The number of halogens is 2. The summed E-state index contributed by atoms with van der Waals surface area (Å²) in [6, 6.07) is 16.4. The van der Waals surface area contributed by atoms with E-state index in [9.17, 15) is 22.0 Å². The normalized spacial score (nSPS) is 11.1. The van der Waals surface area contributed by atoms with Gasteiger partial charge >= 0.3 is 0 Å². The van der Waals surface area contributed by atoms with E-state index in [0.29, 0.717) is 5.69 Å². The number of hydrogen-bond acceptors (Lipinski definition) is 3. The Kier molecular flexibility index (Phi) is 5.41. The van der Waals surface area contributed by atoms with Gasteiger partial charge in [-0.3, -0.25) is 9.10 Å². The lowest BCUT2D eigenvalue weighted by Gasteiger charge is -2.19. The van der Waals surface area contributed by atoms with Gasteiger partial charge in [-0.05, 0) is 42.5 Å². The van der Waals surface area contributed by atoms with Gasteiger partial charge in [0.15, 0.2) is 0 Å². The van der Waals surface area contributed by atoms with Gasteiger partial charge in [0.25, 0.3) is 15.9 Å². The minimum atomic E-state index is -3.92. The second-order valence-corrected chi connectivity index (χ2v) is 7.88. The van der Waals surface area contributed by atoms with Crippen LogP contribution in [0, 0.1) is 11.6 Å². The number of rotatable bonds is 5. The number of hydrogen-bond donors (Lipinski definition) is 1. The van der Waals surface area contributed by atoms with Gasteiger partial charge in [0.2, 0.25) is 0 Å². The molecule has 0 unspecified atom stereocenters. The van der Waals surface area contributed by atoms with Crippen LogP contribution < -0.4 is 9.62 Å². The summed E-state index contributed by atoms with van der Waals surface area (Å²) in [7, 11) is -2.51. The van der Waals surface area contributed by atoms with Crippen molar-refractivity contribution in [2.75, 3.05) is 16.7 Å². The largest absolute Gasteiger partial charge is 0.319 e. The maximum absolute atomic E-state index is 13.7. The van der Waals surface area contributed by atoms with Crippen LogP contribution in [0.4, 0.5) is 20.2 Å². The Labute approximate surface area is 161 Å². The minimum Gasteiger partial charge on any atom is -0.319 e. The summed E-state index contributed by atoms with van der Waals surface area (Å²) in [6.07, 6.45) is 0. The zero-order valence-electron chi connectivity index (χ0n) is 14.8. The summed E-state index contributed by atoms with van der Waals surface area (Å²) in [6.45, 7) is 0. The molecule has 3 rings (SSSR count). The molecular formula is C20H16F2N2O3S. The molecule has 0 fully saturated rings. The molecule has 0 spiro atoms. The molecule has 5 nitrogen and oxygen atoms in total. The summed E-state index contributed by atoms with van der Waals surface area (Å²) in [5.41, 5.74) is 0.116. The molecule has 1 amide bonds. The molecule has 0 bridgehead atoms. The first kappa shape index (κ1) is 19.5. The first-order valence-electron chi connectivity index (χ1n) is 8.19. The van der Waals surface area contributed by atoms with E-state index >= 15 is 0 Å². The molecule has 0 aromatic heterocycles. The second-order valence-electron chi connectivity index (χ2n) is 5.91. The highest BCUT2D eigenvalue weighted by atomic mass is 32.2. The average Bonchev–Trinajstić information content (AvgIpc) is 2.71. The number of carbonyl (C=O) groups is 1. The summed E-state index contributed by atoms with van der Waals surface area (Å²) in [4.78, 5) is 12.3. The molecule has 0 saturated carbocycles. The van der Waals surface area contributed by atoms with Crippen LogP contribution in [0.1, 0.15) is 10.4 Å². The Morgan fingerprint density at radius 2 is 1.64 bits per heavy atom. The summed E-state index contributed by atoms with van der Waals surface area (Å²) >= 11 is 0. The van der Waals surface area contributed by atoms with E-state index in [-0.39, 0.29) is 16.1 Å². The Bertz CT molecular complexity index is 1120. The molecule has 0 atom stereocenters. The molecule has 144 valence electrons. The van der Waals surface area contributed by atoms with Gasteiger partial charge in [0, 0.05) is 18.7 Å². The first-order valence-corrected chi connectivity index (χ1v) is 9.63. The number of para-hydroxylation sites is 1. The number of nitrogens with one attached hydrogen (secondary N) is 1. The Morgan fingerprint density at radius 3 is 2.36 bits per heavy atom. The van der Waals surface area contributed by atoms with Gasteiger partial charge in [-0.1, -0.05) is 24.3 Å². The number of nitrogens with zero attached hydrogens (tertiary/aromatic N) is 1. The Hall–Kier alpha value is -3.26. The van der Waals surface area contributed by atoms with Crippen molar-refractivity contribution in [2.45, 2.75) is 4.90 Å². The number of carbonyl (C=O) groups excluding carboxylic acids is 1. The molecule has 1 N–H and O–H groups in total. The Balaban J connectivity index is 1.89. The number of benzene rings is 3. The summed E-state index contributed by atoms with van der Waals surface area (Å²) < 4.78 is 53.8. The van der Waals surface area contributed by atoms with Crippen LogP contribution in [0.2, 0.25) is 0 Å². The van der Waals surface area contributed by atoms with Crippen molar-refractivity contribution in [3.8, 4) is 0 Å². The van der Waals surface area contributed by atoms with Gasteiger partial charge in [0.05, 0.1) is 16.3 Å². The van der Waals surface area contributed by atoms with E-state index in [0.717, 1.165) is 22.5 Å². The lowest BCUT2D eigenvalue weighted by molar-refractivity contribution is 0.102. The number of sulfonamides is 1. The highest BCUT2D eigenvalue weighted by Crippen LogP contribution is 2.23. The van der Waals surface area contributed by atoms with Crippen molar-refractivity contribution in [1.29, 1.82) is 0 Å². The van der Waals surface area contributed by atoms with Gasteiger partial charge in [0.1, 0.15) is 11.6 Å². The van der Waals surface area contributed by atoms with Crippen LogP contribution in [0.15, 0.2) is 77.7 Å². The molecule has 3 aromatic rings. The monoisotopic (exact) mass is 402 g/mol. The zero-order valence-corrected chi connectivity index (χ0v) is 15.6. The Morgan fingerprint density at radius 1 is 0.929 bits per heavy atom. The lowest BCUT2D eigenvalue weighted by Crippen LogP contribution is -2.26. The average molecular weight is 402 g/mol. The van der Waals surface area contributed by atoms with E-state index in [1.807, 2.05) is 0 Å². The molecule has 0 radical (unpaired) electrons. The van der Waals surface area contributed by atoms with Gasteiger partial charge in [-0.15, -0.1) is 0 Å². The van der Waals surface area contributed by atoms with Crippen molar-refractivity contribution in [2.24, 2.45) is 0 Å². The van der Waals surface area contributed by atoms with Crippen molar-refractivity contribution >= 4 is 27.3 Å². The van der Waals surface area contributed by atoms with Crippen LogP contribution in [0.3, 0.4) is 0 Å². The molecule has 28 heavy (non-hydrogen) atoms. The highest BCUT2D eigenvalue weighted by molar-refractivity contribution is 7.92. The van der Waals surface area contributed by atoms with E-state index in [4.69, 9.17) is 0 Å². The third-order valence-corrected chi connectivity index (χ3v) is 5.83. The van der Waals surface area contributed by atoms with Crippen LogP contribution >= 0.6 is 0 Å². The fourth-order valence-corrected chi connectivity index (χ4v) is 3.76. The zero-order chi connectivity index (χ0) is 20.3. The second kappa shape index (κ2) is 7.77. The predicted molar refractivity (Wildman–Crippen MR) is 103 cm³/mol. The molecule has 0 saturated heterocycles. The van der Waals surface area contributed by atoms with Crippen LogP contribution in [-0.4, -0.2) is 21.4 Å². The number of amides is 1. The van der Waals surface area contributed by atoms with Crippen LogP contribution in [0.25, 0.3) is 0 Å². The van der Waals surface area contributed by atoms with Crippen molar-refractivity contribution in [3.05, 3.63) is 90.0 Å². The third kappa shape index (κ3) is 4.01. The van der Waals surface area contributed by atoms with Gasteiger partial charge in [-0.25, -0.2) is 17.2 Å². The predicted octanol–water partition coefficient (Wildman–Crippen LogP) is 4.04. The minimum absolute atomic E-state index is 0.00815. The smallest absolute Gasteiger partial charge is 0.264 e. The molecular weight excluding hydrogens is 386 g/mol. The fraction of sp³-hybridized carbons (Fsp3) is 0.0500. The quantitative estimate of drug-likeness (QED) is 0.700. The summed E-state index contributed by atoms with van der Waals surface area (Å²) in [5.74, 6) is -2.27. The van der Waals surface area contributed by atoms with Crippen molar-refractivity contribution < 1.29 is 22.0 Å². The SMILES string of the molecule is CN(c1ccccc1)S(=O)(=O)c1cccc(C(=O)Nc2cc(F)ccc2F)c1. The molecule has 3 aromatic carbocycles. The first-order chi connectivity index (χ1) is 13.3. The van der Waals surface area contributed by atoms with Gasteiger partial charge < -0.3 is 5.32 Å². The molecule has 0 heterocycles. The lowest BCUT2D eigenvalue weighted by atomic mass is 10.2. The molecule has 0 aliphatic heterocycles. The molecule has 0 aliphatic rings. The summed E-state index contributed by atoms with van der Waals surface area (Å²) in [5, 5.41) is 2.24. The van der Waals surface area contributed by atoms with Crippen molar-refractivity contribution in [1.82, 2.24) is 0 Å². The highest BCUT2D eigenvalue weighted by Gasteiger charge is 2.22. The third-order valence-electron chi connectivity index (χ3n) is 4.05. The standard InChI is InChI=1S/C20H16F2N2O3S/c1-24(16-7-3-2-4-8-16)28(26,27)17-9-5-6-14(12-17)20(25)23-19-13-15(21)10-11-18(19)22/h2-13H,1H3,(H,23,25). The topological polar surface area (TPSA) is 66.5 Å². The number of anilines is 2. The van der Waals surface area contributed by atoms with Gasteiger partial charge in [-0.2, -0.15) is 0 Å². The van der Waals surface area contributed by atoms with Crippen LogP contribution in [0.5, 0.6) is 0 Å². The van der Waals surface area contributed by atoms with E-state index < -0.39 is 27.6 Å². The maximum Gasteiger partial charge on any atom is 0.264 e. The van der Waals surface area contributed by atoms with E-state index in [1.165, 1.54) is 31.3 Å². The van der Waals surface area contributed by atoms with E-state index in [2.05, 4.69) is 5.32 Å². The fourth-order valence-electron chi connectivity index (χ4n) is 2.52. The van der Waals surface area contributed by atoms with Crippen molar-refractivity contribution in [3.63, 3.8) is 0 Å². The van der Waals surface area contributed by atoms with Crippen LogP contribution in [-0.2, 0) is 10.0 Å². The van der Waals surface area contributed by atoms with E-state index in [1.54, 1.807) is 30.3 Å².